The molecule has 0 aromatic carbocycles. The van der Waals surface area contributed by atoms with E-state index in [-0.39, 0.29) is 25.7 Å². The van der Waals surface area contributed by atoms with Gasteiger partial charge in [-0.3, -0.25) is 37.3 Å². The van der Waals surface area contributed by atoms with Crippen LogP contribution in [0, 0.1) is 5.92 Å². The molecule has 2 unspecified atom stereocenters. The SMILES string of the molecule is CCCCCCCCCCCCCCCCCCCCCCCCC(=O)O[C@H](COC(=O)CCCCCCCCCCCCCCCCCCCCC(C)C)COP(=O)(O)OC[C@@H](O)COP(=O)(O)OC[C@@H](COC(=O)CCCCCCCCCC)OC(=O)CCCCCCCCCCCCCCC. The van der Waals surface area contributed by atoms with Gasteiger partial charge in [0.15, 0.2) is 12.2 Å². The molecule has 104 heavy (non-hydrogen) atoms. The number of phosphoric acid groups is 2. The normalized spacial score (nSPS) is 13.8. The number of ether oxygens (including phenoxy) is 4. The van der Waals surface area contributed by atoms with E-state index in [1.807, 2.05) is 0 Å². The number of rotatable bonds is 85. The molecular weight excluding hydrogens is 1350 g/mol. The molecule has 0 radical (unpaired) electrons. The molecule has 0 spiro atoms. The minimum absolute atomic E-state index is 0.108. The molecule has 0 aromatic heterocycles. The molecule has 0 fully saturated rings. The van der Waals surface area contributed by atoms with Gasteiger partial charge in [0.05, 0.1) is 26.4 Å². The highest BCUT2D eigenvalue weighted by Gasteiger charge is 2.30. The van der Waals surface area contributed by atoms with Gasteiger partial charge >= 0.3 is 39.5 Å². The summed E-state index contributed by atoms with van der Waals surface area (Å²) in [7, 11) is -9.92. The topological polar surface area (TPSA) is 237 Å². The van der Waals surface area contributed by atoms with Crippen LogP contribution in [0.3, 0.4) is 0 Å². The Morgan fingerprint density at radius 2 is 0.442 bits per heavy atom. The summed E-state index contributed by atoms with van der Waals surface area (Å²) < 4.78 is 68.7. The number of hydrogen-bond donors (Lipinski definition) is 3. The Kier molecular flexibility index (Phi) is 76.3. The highest BCUT2D eigenvalue weighted by Crippen LogP contribution is 2.45. The Morgan fingerprint density at radius 3 is 0.654 bits per heavy atom. The lowest BCUT2D eigenvalue weighted by Gasteiger charge is -2.21. The molecule has 19 heteroatoms. The van der Waals surface area contributed by atoms with Crippen molar-refractivity contribution in [1.82, 2.24) is 0 Å². The average molecular weight is 1520 g/mol. The molecule has 17 nitrogen and oxygen atoms in total. The molecule has 0 saturated carbocycles. The Bertz CT molecular complexity index is 1980. The highest BCUT2D eigenvalue weighted by atomic mass is 31.2. The summed E-state index contributed by atoms with van der Waals surface area (Å²) in [6.45, 7) is 7.36. The summed E-state index contributed by atoms with van der Waals surface area (Å²) in [5, 5.41) is 10.6. The van der Waals surface area contributed by atoms with E-state index < -0.39 is 97.5 Å². The number of aliphatic hydroxyl groups is 1. The van der Waals surface area contributed by atoms with Crippen LogP contribution in [0.2, 0.25) is 0 Å². The van der Waals surface area contributed by atoms with Gasteiger partial charge in [-0.1, -0.05) is 407 Å². The van der Waals surface area contributed by atoms with Crippen LogP contribution < -0.4 is 0 Å². The molecule has 3 N–H and O–H groups in total. The van der Waals surface area contributed by atoms with Crippen molar-refractivity contribution in [1.29, 1.82) is 0 Å². The van der Waals surface area contributed by atoms with Gasteiger partial charge in [0.1, 0.15) is 19.3 Å². The van der Waals surface area contributed by atoms with E-state index in [4.69, 9.17) is 37.0 Å². The molecule has 0 bridgehead atoms. The van der Waals surface area contributed by atoms with E-state index >= 15 is 0 Å². The predicted molar refractivity (Wildman–Crippen MR) is 428 cm³/mol. The van der Waals surface area contributed by atoms with Gasteiger partial charge in [-0.15, -0.1) is 0 Å². The van der Waals surface area contributed by atoms with Crippen LogP contribution in [-0.4, -0.2) is 96.7 Å². The van der Waals surface area contributed by atoms with Crippen molar-refractivity contribution in [3.8, 4) is 0 Å². The Morgan fingerprint density at radius 1 is 0.260 bits per heavy atom. The van der Waals surface area contributed by atoms with Crippen LogP contribution >= 0.6 is 15.6 Å². The zero-order chi connectivity index (χ0) is 76.2. The molecule has 618 valence electrons. The molecule has 0 rings (SSSR count). The van der Waals surface area contributed by atoms with Crippen LogP contribution in [-0.2, 0) is 65.4 Å². The summed E-state index contributed by atoms with van der Waals surface area (Å²) in [4.78, 5) is 73.0. The third kappa shape index (κ3) is 78.2. The number of hydrogen-bond acceptors (Lipinski definition) is 15. The first-order valence-corrected chi connectivity index (χ1v) is 47.1. The second kappa shape index (κ2) is 77.8. The maximum atomic E-state index is 13.1. The Labute approximate surface area is 638 Å². The quantitative estimate of drug-likeness (QED) is 0.0222. The van der Waals surface area contributed by atoms with Crippen molar-refractivity contribution < 1.29 is 80.2 Å². The Hall–Kier alpha value is -1.94. The fraction of sp³-hybridized carbons (Fsp3) is 0.953. The van der Waals surface area contributed by atoms with Crippen LogP contribution in [0.5, 0.6) is 0 Å². The van der Waals surface area contributed by atoms with E-state index in [1.165, 1.54) is 276 Å². The van der Waals surface area contributed by atoms with Gasteiger partial charge in [0.2, 0.25) is 0 Å². The predicted octanol–water partition coefficient (Wildman–Crippen LogP) is 26.0. The average Bonchev–Trinajstić information content (AvgIpc) is 0.905. The number of unbranched alkanes of at least 4 members (excludes halogenated alkanes) is 57. The third-order valence-corrected chi connectivity index (χ3v) is 21.9. The number of phosphoric ester groups is 2. The van der Waals surface area contributed by atoms with Crippen LogP contribution in [0.1, 0.15) is 458 Å². The van der Waals surface area contributed by atoms with Gasteiger partial charge in [-0.05, 0) is 31.6 Å². The molecule has 0 heterocycles. The smallest absolute Gasteiger partial charge is 0.462 e. The van der Waals surface area contributed by atoms with Crippen LogP contribution in [0.15, 0.2) is 0 Å². The van der Waals surface area contributed by atoms with Gasteiger partial charge in [0.25, 0.3) is 0 Å². The minimum atomic E-state index is -4.96. The largest absolute Gasteiger partial charge is 0.472 e. The molecule has 0 amide bonds. The zero-order valence-electron chi connectivity index (χ0n) is 68.2. The van der Waals surface area contributed by atoms with Crippen LogP contribution in [0.4, 0.5) is 0 Å². The Balaban J connectivity index is 5.16. The van der Waals surface area contributed by atoms with E-state index in [0.29, 0.717) is 25.7 Å². The van der Waals surface area contributed by atoms with E-state index in [0.717, 1.165) is 102 Å². The van der Waals surface area contributed by atoms with Gasteiger partial charge < -0.3 is 33.8 Å². The highest BCUT2D eigenvalue weighted by molar-refractivity contribution is 7.47. The summed E-state index contributed by atoms with van der Waals surface area (Å²) in [6.07, 6.45) is 71.0. The summed E-state index contributed by atoms with van der Waals surface area (Å²) in [5.41, 5.74) is 0. The number of aliphatic hydroxyl groups excluding tert-OH is 1. The summed E-state index contributed by atoms with van der Waals surface area (Å²) in [6, 6.07) is 0. The van der Waals surface area contributed by atoms with Crippen molar-refractivity contribution >= 4 is 39.5 Å². The minimum Gasteiger partial charge on any atom is -0.462 e. The molecule has 5 atom stereocenters. The van der Waals surface area contributed by atoms with Crippen molar-refractivity contribution in [2.24, 2.45) is 5.92 Å². The lowest BCUT2D eigenvalue weighted by atomic mass is 10.0. The second-order valence-corrected chi connectivity index (χ2v) is 34.0. The fourth-order valence-electron chi connectivity index (χ4n) is 13.3. The molecule has 0 aliphatic carbocycles. The first-order valence-electron chi connectivity index (χ1n) is 44.1. The maximum Gasteiger partial charge on any atom is 0.472 e. The van der Waals surface area contributed by atoms with Crippen molar-refractivity contribution in [2.45, 2.75) is 477 Å². The van der Waals surface area contributed by atoms with Gasteiger partial charge in [-0.25, -0.2) is 9.13 Å². The standard InChI is InChI=1S/C85H166O17P2/c1-6-9-12-15-18-21-23-25-26-27-28-29-30-31-36-39-43-47-51-56-61-66-71-85(90)102-81(75-96-83(88)69-64-59-54-49-45-42-38-35-33-32-34-37-41-44-48-52-57-62-67-78(4)5)77-100-104(93,94)98-73-79(86)72-97-103(91,92)99-76-80(74-95-82(87)68-63-58-53-20-17-14-11-8-3)101-84(89)70-65-60-55-50-46-40-24-22-19-16-13-10-7-2/h78-81,86H,6-77H2,1-5H3,(H,91,92)(H,93,94)/t79-,80+,81+/m0/s1. The lowest BCUT2D eigenvalue weighted by Crippen LogP contribution is -2.30. The molecule has 0 saturated heterocycles. The van der Waals surface area contributed by atoms with Crippen molar-refractivity contribution in [2.75, 3.05) is 39.6 Å². The molecular formula is C85H166O17P2. The monoisotopic (exact) mass is 1520 g/mol. The van der Waals surface area contributed by atoms with Crippen molar-refractivity contribution in [3.63, 3.8) is 0 Å². The van der Waals surface area contributed by atoms with Crippen LogP contribution in [0.25, 0.3) is 0 Å². The third-order valence-electron chi connectivity index (χ3n) is 20.0. The molecule has 0 aliphatic heterocycles. The van der Waals surface area contributed by atoms with Gasteiger partial charge in [-0.2, -0.15) is 0 Å². The second-order valence-electron chi connectivity index (χ2n) is 31.1. The summed E-state index contributed by atoms with van der Waals surface area (Å²) >= 11 is 0. The van der Waals surface area contributed by atoms with Gasteiger partial charge in [0, 0.05) is 25.7 Å². The number of carbonyl (C=O) groups excluding carboxylic acids is 4. The zero-order valence-corrected chi connectivity index (χ0v) is 70.0. The van der Waals surface area contributed by atoms with E-state index in [2.05, 4.69) is 34.6 Å². The molecule has 0 aromatic rings. The molecule has 0 aliphatic rings. The first kappa shape index (κ1) is 102. The summed E-state index contributed by atoms with van der Waals surface area (Å²) in [5.74, 6) is -1.28. The lowest BCUT2D eigenvalue weighted by molar-refractivity contribution is -0.161. The fourth-order valence-corrected chi connectivity index (χ4v) is 14.9. The van der Waals surface area contributed by atoms with E-state index in [9.17, 15) is 43.2 Å². The number of carbonyl (C=O) groups is 4. The van der Waals surface area contributed by atoms with E-state index in [1.54, 1.807) is 0 Å². The number of esters is 4. The maximum absolute atomic E-state index is 13.1. The van der Waals surface area contributed by atoms with Crippen molar-refractivity contribution in [3.05, 3.63) is 0 Å². The first-order chi connectivity index (χ1) is 50.5.